The second kappa shape index (κ2) is 5.10. The van der Waals surface area contributed by atoms with Gasteiger partial charge in [-0.25, -0.2) is 0 Å². The van der Waals surface area contributed by atoms with E-state index in [1.165, 1.54) is 0 Å². The first-order valence-corrected chi connectivity index (χ1v) is 4.86. The number of hydrogen-bond acceptors (Lipinski definition) is 2. The maximum absolute atomic E-state index is 5.89. The fourth-order valence-electron chi connectivity index (χ4n) is 1.30. The molecule has 0 saturated carbocycles. The predicted octanol–water partition coefficient (Wildman–Crippen LogP) is 2.12. The molecular weight excluding hydrogens is 184 g/mol. The molecular formula is C10H15ClN2. The van der Waals surface area contributed by atoms with Crippen LogP contribution in [0.5, 0.6) is 0 Å². The van der Waals surface area contributed by atoms with Gasteiger partial charge in [0.15, 0.2) is 0 Å². The molecule has 0 aromatic heterocycles. The van der Waals surface area contributed by atoms with E-state index >= 15 is 0 Å². The Morgan fingerprint density at radius 3 is 2.77 bits per heavy atom. The maximum Gasteiger partial charge on any atom is 0.0426 e. The molecule has 0 amide bonds. The number of rotatable bonds is 4. The second-order valence-corrected chi connectivity index (χ2v) is 3.28. The van der Waals surface area contributed by atoms with Crippen LogP contribution in [0.2, 0.25) is 5.02 Å². The predicted molar refractivity (Wildman–Crippen MR) is 58.4 cm³/mol. The number of likely N-dealkylation sites (N-methyl/N-ethyl adjacent to an activating group) is 1. The fraction of sp³-hybridized carbons (Fsp3) is 0.400. The second-order valence-electron chi connectivity index (χ2n) is 2.85. The summed E-state index contributed by atoms with van der Waals surface area (Å²) in [6.45, 7) is 4.60. The van der Waals surface area contributed by atoms with Crippen LogP contribution in [0, 0.1) is 0 Å². The van der Waals surface area contributed by atoms with Crippen LogP contribution in [0.1, 0.15) is 6.92 Å². The van der Waals surface area contributed by atoms with Crippen LogP contribution in [-0.4, -0.2) is 19.6 Å². The molecule has 0 bridgehead atoms. The van der Waals surface area contributed by atoms with Crippen LogP contribution in [0.4, 0.5) is 5.69 Å². The molecule has 1 aromatic rings. The third kappa shape index (κ3) is 2.90. The minimum absolute atomic E-state index is 0.667. The zero-order valence-electron chi connectivity index (χ0n) is 7.83. The van der Waals surface area contributed by atoms with Crippen molar-refractivity contribution in [2.45, 2.75) is 6.92 Å². The Morgan fingerprint density at radius 2 is 2.23 bits per heavy atom. The summed E-state index contributed by atoms with van der Waals surface area (Å²) in [5.41, 5.74) is 6.65. The molecule has 0 radical (unpaired) electrons. The molecule has 0 saturated heterocycles. The standard InChI is InChI=1S/C10H15ClN2/c1-2-13(7-6-12)10-5-3-4-9(11)8-10/h3-5,8H,2,6-7,12H2,1H3. The summed E-state index contributed by atoms with van der Waals surface area (Å²) in [6.07, 6.45) is 0. The molecule has 0 aliphatic heterocycles. The van der Waals surface area contributed by atoms with Crippen molar-refractivity contribution in [1.29, 1.82) is 0 Å². The normalized spacial score (nSPS) is 10.1. The number of hydrogen-bond donors (Lipinski definition) is 1. The van der Waals surface area contributed by atoms with E-state index in [4.69, 9.17) is 17.3 Å². The van der Waals surface area contributed by atoms with Crippen molar-refractivity contribution in [2.75, 3.05) is 24.5 Å². The van der Waals surface area contributed by atoms with Crippen molar-refractivity contribution in [3.63, 3.8) is 0 Å². The third-order valence-corrected chi connectivity index (χ3v) is 2.19. The Kier molecular flexibility index (Phi) is 4.06. The summed E-state index contributed by atoms with van der Waals surface area (Å²) in [6, 6.07) is 7.84. The Hall–Kier alpha value is -0.730. The van der Waals surface area contributed by atoms with Gasteiger partial charge in [0.1, 0.15) is 0 Å². The van der Waals surface area contributed by atoms with Crippen LogP contribution in [0.15, 0.2) is 24.3 Å². The SMILES string of the molecule is CCN(CCN)c1cccc(Cl)c1. The van der Waals surface area contributed by atoms with Gasteiger partial charge in [-0.2, -0.15) is 0 Å². The molecule has 0 unspecified atom stereocenters. The van der Waals surface area contributed by atoms with Crippen LogP contribution in [0.3, 0.4) is 0 Å². The van der Waals surface area contributed by atoms with Crippen LogP contribution >= 0.6 is 11.6 Å². The van der Waals surface area contributed by atoms with Crippen LogP contribution in [0.25, 0.3) is 0 Å². The zero-order chi connectivity index (χ0) is 9.68. The number of halogens is 1. The number of nitrogens with two attached hydrogens (primary N) is 1. The lowest BCUT2D eigenvalue weighted by Crippen LogP contribution is -2.28. The molecule has 0 atom stereocenters. The number of anilines is 1. The summed E-state index contributed by atoms with van der Waals surface area (Å²) >= 11 is 5.89. The molecule has 1 aromatic carbocycles. The monoisotopic (exact) mass is 198 g/mol. The number of nitrogens with zero attached hydrogens (tertiary/aromatic N) is 1. The molecule has 2 nitrogen and oxygen atoms in total. The summed E-state index contributed by atoms with van der Waals surface area (Å²) in [5.74, 6) is 0. The van der Waals surface area contributed by atoms with Gasteiger partial charge >= 0.3 is 0 Å². The third-order valence-electron chi connectivity index (χ3n) is 1.95. The molecule has 13 heavy (non-hydrogen) atoms. The molecule has 2 N–H and O–H groups in total. The average molecular weight is 199 g/mol. The first kappa shape index (κ1) is 10.4. The van der Waals surface area contributed by atoms with Gasteiger partial charge in [-0.05, 0) is 25.1 Å². The van der Waals surface area contributed by atoms with E-state index in [1.807, 2.05) is 24.3 Å². The van der Waals surface area contributed by atoms with Crippen molar-refractivity contribution >= 4 is 17.3 Å². The highest BCUT2D eigenvalue weighted by Crippen LogP contribution is 2.18. The van der Waals surface area contributed by atoms with Gasteiger partial charge < -0.3 is 10.6 Å². The van der Waals surface area contributed by atoms with Gasteiger partial charge in [0.2, 0.25) is 0 Å². The molecule has 0 spiro atoms. The van der Waals surface area contributed by atoms with Gasteiger partial charge in [0.05, 0.1) is 0 Å². The van der Waals surface area contributed by atoms with Gasteiger partial charge in [-0.3, -0.25) is 0 Å². The lowest BCUT2D eigenvalue weighted by atomic mass is 10.3. The Morgan fingerprint density at radius 1 is 1.46 bits per heavy atom. The van der Waals surface area contributed by atoms with E-state index in [0.717, 1.165) is 23.8 Å². The molecule has 1 rings (SSSR count). The lowest BCUT2D eigenvalue weighted by Gasteiger charge is -2.22. The highest BCUT2D eigenvalue weighted by Gasteiger charge is 2.02. The van der Waals surface area contributed by atoms with Crippen molar-refractivity contribution in [1.82, 2.24) is 0 Å². The molecule has 72 valence electrons. The van der Waals surface area contributed by atoms with Crippen LogP contribution < -0.4 is 10.6 Å². The molecule has 0 aliphatic carbocycles. The highest BCUT2D eigenvalue weighted by atomic mass is 35.5. The van der Waals surface area contributed by atoms with E-state index < -0.39 is 0 Å². The maximum atomic E-state index is 5.89. The van der Waals surface area contributed by atoms with Gasteiger partial charge in [-0.1, -0.05) is 17.7 Å². The van der Waals surface area contributed by atoms with E-state index in [1.54, 1.807) is 0 Å². The topological polar surface area (TPSA) is 29.3 Å². The van der Waals surface area contributed by atoms with E-state index in [-0.39, 0.29) is 0 Å². The minimum atomic E-state index is 0.667. The Balaban J connectivity index is 2.78. The van der Waals surface area contributed by atoms with E-state index in [0.29, 0.717) is 6.54 Å². The van der Waals surface area contributed by atoms with Gasteiger partial charge in [0.25, 0.3) is 0 Å². The van der Waals surface area contributed by atoms with Crippen molar-refractivity contribution in [3.05, 3.63) is 29.3 Å². The Bertz CT molecular complexity index is 263. The lowest BCUT2D eigenvalue weighted by molar-refractivity contribution is 0.817. The molecule has 0 fully saturated rings. The van der Waals surface area contributed by atoms with Crippen molar-refractivity contribution < 1.29 is 0 Å². The van der Waals surface area contributed by atoms with Crippen LogP contribution in [-0.2, 0) is 0 Å². The number of benzene rings is 1. The largest absolute Gasteiger partial charge is 0.371 e. The van der Waals surface area contributed by atoms with E-state index in [2.05, 4.69) is 11.8 Å². The zero-order valence-corrected chi connectivity index (χ0v) is 8.59. The Labute approximate surface area is 84.3 Å². The minimum Gasteiger partial charge on any atom is -0.371 e. The van der Waals surface area contributed by atoms with Gasteiger partial charge in [0, 0.05) is 30.3 Å². The summed E-state index contributed by atoms with van der Waals surface area (Å²) in [7, 11) is 0. The van der Waals surface area contributed by atoms with Crippen molar-refractivity contribution in [3.8, 4) is 0 Å². The molecule has 0 aliphatic rings. The first-order valence-electron chi connectivity index (χ1n) is 4.48. The molecule has 0 heterocycles. The highest BCUT2D eigenvalue weighted by molar-refractivity contribution is 6.30. The summed E-state index contributed by atoms with van der Waals surface area (Å²) in [4.78, 5) is 2.20. The van der Waals surface area contributed by atoms with Gasteiger partial charge in [-0.15, -0.1) is 0 Å². The summed E-state index contributed by atoms with van der Waals surface area (Å²) in [5, 5.41) is 0.771. The first-order chi connectivity index (χ1) is 6.27. The van der Waals surface area contributed by atoms with Crippen molar-refractivity contribution in [2.24, 2.45) is 5.73 Å². The smallest absolute Gasteiger partial charge is 0.0426 e. The summed E-state index contributed by atoms with van der Waals surface area (Å²) < 4.78 is 0. The quantitative estimate of drug-likeness (QED) is 0.803. The fourth-order valence-corrected chi connectivity index (χ4v) is 1.48. The average Bonchev–Trinajstić information content (AvgIpc) is 2.14. The van der Waals surface area contributed by atoms with E-state index in [9.17, 15) is 0 Å². The molecule has 3 heteroatoms.